The fourth-order valence-corrected chi connectivity index (χ4v) is 2.64. The molecule has 0 radical (unpaired) electrons. The highest BCUT2D eigenvalue weighted by Crippen LogP contribution is 2.14. The molecule has 27 heavy (non-hydrogen) atoms. The molecule has 0 unspecified atom stereocenters. The summed E-state index contributed by atoms with van der Waals surface area (Å²) in [7, 11) is 1.59. The average Bonchev–Trinajstić information content (AvgIpc) is 2.67. The Bertz CT molecular complexity index is 753. The largest absolute Gasteiger partial charge is 0.452 e. The predicted octanol–water partition coefficient (Wildman–Crippen LogP) is 3.47. The van der Waals surface area contributed by atoms with Gasteiger partial charge in [0.1, 0.15) is 0 Å². The van der Waals surface area contributed by atoms with Gasteiger partial charge in [-0.15, -0.1) is 0 Å². The molecule has 144 valence electrons. The SMILES string of the molecule is COCc1cccc(C(=O)OCC(=O)NCCc2ccc(C(C)C)cc2)c1. The van der Waals surface area contributed by atoms with Crippen molar-refractivity contribution in [3.63, 3.8) is 0 Å². The second-order valence-electron chi connectivity index (χ2n) is 6.71. The van der Waals surface area contributed by atoms with Crippen molar-refractivity contribution in [3.05, 3.63) is 70.8 Å². The van der Waals surface area contributed by atoms with Crippen LogP contribution in [-0.4, -0.2) is 32.1 Å². The molecule has 0 atom stereocenters. The number of ether oxygens (including phenoxy) is 2. The van der Waals surface area contributed by atoms with Crippen LogP contribution >= 0.6 is 0 Å². The summed E-state index contributed by atoms with van der Waals surface area (Å²) >= 11 is 0. The number of hydrogen-bond acceptors (Lipinski definition) is 4. The van der Waals surface area contributed by atoms with Crippen LogP contribution < -0.4 is 5.32 Å². The summed E-state index contributed by atoms with van der Waals surface area (Å²) in [4.78, 5) is 23.9. The van der Waals surface area contributed by atoms with E-state index in [4.69, 9.17) is 9.47 Å². The van der Waals surface area contributed by atoms with Gasteiger partial charge in [0.25, 0.3) is 5.91 Å². The second kappa shape index (κ2) is 10.5. The van der Waals surface area contributed by atoms with Gasteiger partial charge in [-0.05, 0) is 41.2 Å². The van der Waals surface area contributed by atoms with Crippen LogP contribution in [0.25, 0.3) is 0 Å². The Hall–Kier alpha value is -2.66. The Kier molecular flexibility index (Phi) is 8.01. The summed E-state index contributed by atoms with van der Waals surface area (Å²) in [5.74, 6) is -0.328. The van der Waals surface area contributed by atoms with Crippen LogP contribution in [0.5, 0.6) is 0 Å². The second-order valence-corrected chi connectivity index (χ2v) is 6.71. The molecule has 0 aliphatic carbocycles. The monoisotopic (exact) mass is 369 g/mol. The minimum absolute atomic E-state index is 0.292. The number of benzene rings is 2. The minimum atomic E-state index is -0.521. The van der Waals surface area contributed by atoms with Gasteiger partial charge in [-0.25, -0.2) is 4.79 Å². The van der Waals surface area contributed by atoms with Crippen molar-refractivity contribution in [2.75, 3.05) is 20.3 Å². The third-order valence-electron chi connectivity index (χ3n) is 4.19. The third kappa shape index (κ3) is 6.87. The van der Waals surface area contributed by atoms with Crippen molar-refractivity contribution < 1.29 is 19.1 Å². The molecule has 0 saturated heterocycles. The lowest BCUT2D eigenvalue weighted by Gasteiger charge is -2.09. The van der Waals surface area contributed by atoms with Crippen LogP contribution in [-0.2, 0) is 27.3 Å². The number of carbonyl (C=O) groups excluding carboxylic acids is 2. The molecule has 2 aromatic rings. The Morgan fingerprint density at radius 3 is 2.44 bits per heavy atom. The predicted molar refractivity (Wildman–Crippen MR) is 105 cm³/mol. The number of rotatable bonds is 9. The first kappa shape index (κ1) is 20.6. The van der Waals surface area contributed by atoms with E-state index in [1.54, 1.807) is 25.3 Å². The molecule has 0 spiro atoms. The molecule has 0 aliphatic rings. The van der Waals surface area contributed by atoms with Crippen molar-refractivity contribution in [2.24, 2.45) is 0 Å². The van der Waals surface area contributed by atoms with Crippen molar-refractivity contribution in [2.45, 2.75) is 32.8 Å². The summed E-state index contributed by atoms with van der Waals surface area (Å²) in [5, 5.41) is 2.77. The highest BCUT2D eigenvalue weighted by Gasteiger charge is 2.10. The topological polar surface area (TPSA) is 64.6 Å². The zero-order chi connectivity index (χ0) is 19.6. The van der Waals surface area contributed by atoms with E-state index in [2.05, 4.69) is 43.4 Å². The summed E-state index contributed by atoms with van der Waals surface area (Å²) < 4.78 is 10.1. The molecule has 0 bridgehead atoms. The Morgan fingerprint density at radius 1 is 1.04 bits per heavy atom. The zero-order valence-electron chi connectivity index (χ0n) is 16.2. The van der Waals surface area contributed by atoms with Crippen molar-refractivity contribution in [1.29, 1.82) is 0 Å². The van der Waals surface area contributed by atoms with Crippen molar-refractivity contribution in [3.8, 4) is 0 Å². The summed E-state index contributed by atoms with van der Waals surface area (Å²) in [6.45, 7) is 4.94. The molecule has 0 saturated carbocycles. The number of carbonyl (C=O) groups is 2. The molecule has 0 aromatic heterocycles. The molecule has 2 aromatic carbocycles. The van der Waals surface area contributed by atoms with Crippen LogP contribution in [0.1, 0.15) is 46.8 Å². The Morgan fingerprint density at radius 2 is 1.78 bits per heavy atom. The Balaban J connectivity index is 1.72. The van der Waals surface area contributed by atoms with E-state index >= 15 is 0 Å². The first-order chi connectivity index (χ1) is 13.0. The lowest BCUT2D eigenvalue weighted by atomic mass is 10.0. The maximum atomic E-state index is 12.0. The number of amides is 1. The van der Waals surface area contributed by atoms with Gasteiger partial charge in [-0.2, -0.15) is 0 Å². The number of esters is 1. The van der Waals surface area contributed by atoms with Crippen LogP contribution in [0.4, 0.5) is 0 Å². The van der Waals surface area contributed by atoms with E-state index in [9.17, 15) is 9.59 Å². The maximum Gasteiger partial charge on any atom is 0.338 e. The van der Waals surface area contributed by atoms with Crippen LogP contribution in [0.3, 0.4) is 0 Å². The normalized spacial score (nSPS) is 10.7. The highest BCUT2D eigenvalue weighted by molar-refractivity contribution is 5.91. The van der Waals surface area contributed by atoms with Gasteiger partial charge in [0.15, 0.2) is 6.61 Å². The molecule has 1 N–H and O–H groups in total. The third-order valence-corrected chi connectivity index (χ3v) is 4.19. The minimum Gasteiger partial charge on any atom is -0.452 e. The van der Waals surface area contributed by atoms with Gasteiger partial charge in [0, 0.05) is 13.7 Å². The van der Waals surface area contributed by atoms with Crippen molar-refractivity contribution in [1.82, 2.24) is 5.32 Å². The molecule has 0 heterocycles. The van der Waals surface area contributed by atoms with E-state index in [0.29, 0.717) is 24.6 Å². The lowest BCUT2D eigenvalue weighted by molar-refractivity contribution is -0.124. The van der Waals surface area contributed by atoms with Crippen LogP contribution in [0.2, 0.25) is 0 Å². The van der Waals surface area contributed by atoms with E-state index in [1.807, 2.05) is 6.07 Å². The fourth-order valence-electron chi connectivity index (χ4n) is 2.64. The number of nitrogens with one attached hydrogen (secondary N) is 1. The Labute approximate surface area is 160 Å². The van der Waals surface area contributed by atoms with E-state index in [1.165, 1.54) is 5.56 Å². The number of hydrogen-bond donors (Lipinski definition) is 1. The molecule has 1 amide bonds. The fraction of sp³-hybridized carbons (Fsp3) is 0.364. The van der Waals surface area contributed by atoms with Crippen LogP contribution in [0.15, 0.2) is 48.5 Å². The van der Waals surface area contributed by atoms with Crippen molar-refractivity contribution >= 4 is 11.9 Å². The number of methoxy groups -OCH3 is 1. The summed E-state index contributed by atoms with van der Waals surface area (Å²) in [6.07, 6.45) is 0.733. The van der Waals surface area contributed by atoms with Gasteiger partial charge in [-0.3, -0.25) is 4.79 Å². The maximum absolute atomic E-state index is 12.0. The molecule has 0 fully saturated rings. The molecule has 5 heteroatoms. The zero-order valence-corrected chi connectivity index (χ0v) is 16.2. The lowest BCUT2D eigenvalue weighted by Crippen LogP contribution is -2.30. The molecular formula is C22H27NO4. The standard InChI is InChI=1S/C22H27NO4/c1-16(2)19-9-7-17(8-10-19)11-12-23-21(24)15-27-22(25)20-6-4-5-18(13-20)14-26-3/h4-10,13,16H,11-12,14-15H2,1-3H3,(H,23,24). The van der Waals surface area contributed by atoms with E-state index < -0.39 is 5.97 Å². The van der Waals surface area contributed by atoms with Gasteiger partial charge < -0.3 is 14.8 Å². The molecular weight excluding hydrogens is 342 g/mol. The molecule has 0 aliphatic heterocycles. The van der Waals surface area contributed by atoms with E-state index in [0.717, 1.165) is 17.5 Å². The molecule has 2 rings (SSSR count). The van der Waals surface area contributed by atoms with Gasteiger partial charge in [0.05, 0.1) is 12.2 Å². The summed E-state index contributed by atoms with van der Waals surface area (Å²) in [5.41, 5.74) is 3.73. The molecule has 5 nitrogen and oxygen atoms in total. The van der Waals surface area contributed by atoms with Gasteiger partial charge >= 0.3 is 5.97 Å². The van der Waals surface area contributed by atoms with Gasteiger partial charge in [-0.1, -0.05) is 50.2 Å². The summed E-state index contributed by atoms with van der Waals surface area (Å²) in [6, 6.07) is 15.4. The van der Waals surface area contributed by atoms with E-state index in [-0.39, 0.29) is 12.5 Å². The first-order valence-corrected chi connectivity index (χ1v) is 9.10. The van der Waals surface area contributed by atoms with Gasteiger partial charge in [0.2, 0.25) is 0 Å². The highest BCUT2D eigenvalue weighted by atomic mass is 16.5. The first-order valence-electron chi connectivity index (χ1n) is 9.10. The average molecular weight is 369 g/mol. The van der Waals surface area contributed by atoms with Crippen LogP contribution in [0, 0.1) is 0 Å². The smallest absolute Gasteiger partial charge is 0.338 e. The quantitative estimate of drug-likeness (QED) is 0.688.